The van der Waals surface area contributed by atoms with Crippen molar-refractivity contribution in [2.24, 2.45) is 29.6 Å². The van der Waals surface area contributed by atoms with Crippen molar-refractivity contribution in [3.63, 3.8) is 0 Å². The highest BCUT2D eigenvalue weighted by molar-refractivity contribution is 5.74. The standard InChI is InChI=1S/C38H69NO12/c1-19-14-20(2)30(41)37(10,45)38(17-21(38)3)51-33(43)24(6)29(49-27-18-36(9,46-13)31(42)25(7)48-27)23(5)32(35(8,44)16-19)50-34-28(40)26(39(11)12)15-22(4)47-34/h19-32,34,40-42,44-45H,14-18H2,1-13H3/t19-,20-,21+,22+,23-,24+,25-,26-,27-,28+,29-,30+,31-,32+,34-,35+,36+,37-,38-/m0/s1. The van der Waals surface area contributed by atoms with Crippen LogP contribution in [-0.4, -0.2) is 141 Å². The summed E-state index contributed by atoms with van der Waals surface area (Å²) in [6, 6.07) is -0.264. The van der Waals surface area contributed by atoms with Gasteiger partial charge in [-0.15, -0.1) is 0 Å². The van der Waals surface area contributed by atoms with Gasteiger partial charge >= 0.3 is 5.97 Å². The van der Waals surface area contributed by atoms with Gasteiger partial charge in [0.1, 0.15) is 23.4 Å². The van der Waals surface area contributed by atoms with Crippen LogP contribution in [0.15, 0.2) is 0 Å². The fourth-order valence-electron chi connectivity index (χ4n) is 9.50. The zero-order chi connectivity index (χ0) is 38.6. The molecule has 0 bridgehead atoms. The first-order chi connectivity index (χ1) is 23.4. The van der Waals surface area contributed by atoms with E-state index in [9.17, 15) is 30.3 Å². The molecule has 3 saturated heterocycles. The number of hydrogen-bond acceptors (Lipinski definition) is 13. The number of methoxy groups -OCH3 is 1. The van der Waals surface area contributed by atoms with Gasteiger partial charge in [0.2, 0.25) is 0 Å². The molecule has 3 aliphatic heterocycles. The highest BCUT2D eigenvalue weighted by Crippen LogP contribution is 2.56. The van der Waals surface area contributed by atoms with Gasteiger partial charge < -0.3 is 58.9 Å². The van der Waals surface area contributed by atoms with Crippen LogP contribution in [0.3, 0.4) is 0 Å². The molecule has 51 heavy (non-hydrogen) atoms. The first-order valence-electron chi connectivity index (χ1n) is 19.0. The average molecular weight is 732 g/mol. The van der Waals surface area contributed by atoms with Gasteiger partial charge in [-0.1, -0.05) is 27.7 Å². The van der Waals surface area contributed by atoms with E-state index < -0.39 is 95.3 Å². The second-order valence-corrected chi connectivity index (χ2v) is 17.7. The number of aliphatic hydroxyl groups is 5. The van der Waals surface area contributed by atoms with E-state index in [0.29, 0.717) is 19.3 Å². The number of likely N-dealkylation sites (N-methyl/N-ethyl adjacent to an activating group) is 1. The largest absolute Gasteiger partial charge is 0.455 e. The predicted molar refractivity (Wildman–Crippen MR) is 188 cm³/mol. The zero-order valence-corrected chi connectivity index (χ0v) is 33.2. The molecule has 0 unspecified atom stereocenters. The molecule has 1 spiro atoms. The highest BCUT2D eigenvalue weighted by Gasteiger charge is 2.69. The van der Waals surface area contributed by atoms with E-state index in [1.807, 2.05) is 53.6 Å². The van der Waals surface area contributed by atoms with Gasteiger partial charge in [0.05, 0.1) is 47.6 Å². The van der Waals surface area contributed by atoms with E-state index in [1.165, 1.54) is 14.0 Å². The number of esters is 1. The van der Waals surface area contributed by atoms with Gasteiger partial charge in [-0.2, -0.15) is 0 Å². The summed E-state index contributed by atoms with van der Waals surface area (Å²) in [4.78, 5) is 16.2. The highest BCUT2D eigenvalue weighted by atomic mass is 16.7. The van der Waals surface area contributed by atoms with Crippen molar-refractivity contribution in [1.82, 2.24) is 4.90 Å². The summed E-state index contributed by atoms with van der Waals surface area (Å²) in [5.74, 6) is -3.10. The lowest BCUT2D eigenvalue weighted by molar-refractivity contribution is -0.318. The van der Waals surface area contributed by atoms with Gasteiger partial charge in [0, 0.05) is 31.4 Å². The molecule has 0 aromatic rings. The Kier molecular flexibility index (Phi) is 13.1. The SMILES string of the molecule is CO[C@]1(C)C[C@H](O[C@H]2[C@H](C)[C@@H](O[C@@H]3O[C@H](C)C[C@H](N(C)C)[C@H]3O)[C@](C)(O)C[C@@H](C)C[C@H](C)[C@@H](O)[C@](C)(O)[C@@]3(C[C@H]3C)OC(=O)[C@@H]2C)O[C@@H](C)[C@@H]1O. The third kappa shape index (κ3) is 8.49. The summed E-state index contributed by atoms with van der Waals surface area (Å²) in [7, 11) is 5.29. The number of ether oxygens (including phenoxy) is 6. The van der Waals surface area contributed by atoms with Crippen molar-refractivity contribution in [2.45, 2.75) is 185 Å². The van der Waals surface area contributed by atoms with Crippen molar-refractivity contribution in [2.75, 3.05) is 21.2 Å². The Balaban J connectivity index is 1.81. The number of nitrogens with zero attached hydrogens (tertiary/aromatic N) is 1. The summed E-state index contributed by atoms with van der Waals surface area (Å²) in [5.41, 5.74) is -5.61. The first-order valence-corrected chi connectivity index (χ1v) is 19.0. The third-order valence-corrected chi connectivity index (χ3v) is 12.8. The normalized spacial score (nSPS) is 53.5. The lowest BCUT2D eigenvalue weighted by atomic mass is 9.74. The van der Waals surface area contributed by atoms with Crippen LogP contribution in [0.25, 0.3) is 0 Å². The smallest absolute Gasteiger partial charge is 0.311 e. The van der Waals surface area contributed by atoms with Crippen LogP contribution in [0.2, 0.25) is 0 Å². The molecule has 0 amide bonds. The molecule has 13 heteroatoms. The molecular weight excluding hydrogens is 662 g/mol. The van der Waals surface area contributed by atoms with E-state index in [2.05, 4.69) is 0 Å². The number of rotatable bonds is 6. The van der Waals surface area contributed by atoms with Crippen molar-refractivity contribution < 1.29 is 58.7 Å². The fourth-order valence-corrected chi connectivity index (χ4v) is 9.50. The minimum absolute atomic E-state index is 0.144. The molecule has 5 N–H and O–H groups in total. The van der Waals surface area contributed by atoms with Crippen LogP contribution in [0.1, 0.15) is 101 Å². The van der Waals surface area contributed by atoms with Gasteiger partial charge in [0.15, 0.2) is 12.6 Å². The minimum Gasteiger partial charge on any atom is -0.455 e. The Bertz CT molecular complexity index is 1190. The molecule has 4 aliphatic rings. The van der Waals surface area contributed by atoms with Crippen LogP contribution in [0.5, 0.6) is 0 Å². The Hall–Kier alpha value is -0.970. The van der Waals surface area contributed by atoms with Gasteiger partial charge in [-0.25, -0.2) is 0 Å². The Labute approximate surface area is 305 Å². The van der Waals surface area contributed by atoms with E-state index >= 15 is 0 Å². The molecule has 1 aliphatic carbocycles. The monoisotopic (exact) mass is 731 g/mol. The molecule has 4 rings (SSSR count). The molecular formula is C38H69NO12. The topological polar surface area (TPSA) is 177 Å². The quantitative estimate of drug-likeness (QED) is 0.252. The van der Waals surface area contributed by atoms with Crippen LogP contribution in [0.4, 0.5) is 0 Å². The predicted octanol–water partition coefficient (Wildman–Crippen LogP) is 2.61. The second-order valence-electron chi connectivity index (χ2n) is 17.7. The molecule has 3 heterocycles. The second kappa shape index (κ2) is 15.6. The summed E-state index contributed by atoms with van der Waals surface area (Å²) >= 11 is 0. The summed E-state index contributed by atoms with van der Waals surface area (Å²) < 4.78 is 37.8. The Morgan fingerprint density at radius 3 is 2.00 bits per heavy atom. The van der Waals surface area contributed by atoms with E-state index in [0.717, 1.165) is 0 Å². The number of carbonyl (C=O) groups is 1. The Morgan fingerprint density at radius 2 is 1.45 bits per heavy atom. The summed E-state index contributed by atoms with van der Waals surface area (Å²) in [5, 5.41) is 58.4. The van der Waals surface area contributed by atoms with E-state index in [4.69, 9.17) is 28.4 Å². The molecule has 13 nitrogen and oxygen atoms in total. The molecule has 0 aromatic carbocycles. The maximum Gasteiger partial charge on any atom is 0.311 e. The van der Waals surface area contributed by atoms with Crippen molar-refractivity contribution >= 4 is 5.97 Å². The third-order valence-electron chi connectivity index (χ3n) is 12.8. The lowest BCUT2D eigenvalue weighted by Crippen LogP contribution is -2.61. The number of aliphatic hydroxyl groups excluding tert-OH is 3. The fraction of sp³-hybridized carbons (Fsp3) is 0.974. The lowest BCUT2D eigenvalue weighted by Gasteiger charge is -2.49. The molecule has 1 saturated carbocycles. The molecule has 19 atom stereocenters. The number of carbonyl (C=O) groups excluding carboxylic acids is 1. The first kappa shape index (κ1) is 42.8. The van der Waals surface area contributed by atoms with Crippen LogP contribution < -0.4 is 0 Å². The van der Waals surface area contributed by atoms with Gasteiger partial charge in [-0.05, 0) is 93.2 Å². The van der Waals surface area contributed by atoms with Crippen LogP contribution in [0, 0.1) is 29.6 Å². The average Bonchev–Trinajstić information content (AvgIpc) is 3.70. The Morgan fingerprint density at radius 1 is 0.843 bits per heavy atom. The van der Waals surface area contributed by atoms with Crippen molar-refractivity contribution in [3.8, 4) is 0 Å². The number of hydrogen-bond donors (Lipinski definition) is 5. The minimum atomic E-state index is -1.74. The summed E-state index contributed by atoms with van der Waals surface area (Å²) in [6.45, 7) is 17.9. The van der Waals surface area contributed by atoms with E-state index in [1.54, 1.807) is 27.7 Å². The van der Waals surface area contributed by atoms with Crippen molar-refractivity contribution in [1.29, 1.82) is 0 Å². The maximum atomic E-state index is 14.3. The maximum absolute atomic E-state index is 14.3. The molecule has 0 aromatic heterocycles. The van der Waals surface area contributed by atoms with Crippen LogP contribution in [-0.2, 0) is 33.2 Å². The van der Waals surface area contributed by atoms with Crippen LogP contribution >= 0.6 is 0 Å². The van der Waals surface area contributed by atoms with Gasteiger partial charge in [-0.3, -0.25) is 4.79 Å². The zero-order valence-electron chi connectivity index (χ0n) is 33.2. The molecule has 4 fully saturated rings. The van der Waals surface area contributed by atoms with Crippen molar-refractivity contribution in [3.05, 3.63) is 0 Å². The molecule has 0 radical (unpaired) electrons. The van der Waals surface area contributed by atoms with Gasteiger partial charge in [0.25, 0.3) is 0 Å². The van der Waals surface area contributed by atoms with E-state index in [-0.39, 0.29) is 36.8 Å². The molecule has 298 valence electrons. The summed E-state index contributed by atoms with van der Waals surface area (Å²) in [6.07, 6.45) is -6.35.